The van der Waals surface area contributed by atoms with Gasteiger partial charge in [0.2, 0.25) is 0 Å². The minimum Gasteiger partial charge on any atom is -0.463 e. The van der Waals surface area contributed by atoms with Crippen molar-refractivity contribution in [2.45, 2.75) is 20.3 Å². The molecule has 19 heavy (non-hydrogen) atoms. The minimum atomic E-state index is -0.410. The Morgan fingerprint density at radius 1 is 1.26 bits per heavy atom. The second kappa shape index (κ2) is 7.36. The molecule has 4 heteroatoms. The molecule has 0 bridgehead atoms. The number of carbonyl (C=O) groups excluding carboxylic acids is 2. The molecule has 0 unspecified atom stereocenters. The lowest BCUT2D eigenvalue weighted by Gasteiger charge is -2.07. The summed E-state index contributed by atoms with van der Waals surface area (Å²) in [6, 6.07) is 7.30. The Bertz CT molecular complexity index is 463. The molecular weight excluding hydrogens is 242 g/mol. The Morgan fingerprint density at radius 2 is 1.89 bits per heavy atom. The normalized spacial score (nSPS) is 9.79. The second-order valence-corrected chi connectivity index (χ2v) is 4.20. The maximum absolute atomic E-state index is 11.8. The lowest BCUT2D eigenvalue weighted by molar-refractivity contribution is -0.138. The van der Waals surface area contributed by atoms with Crippen molar-refractivity contribution in [1.82, 2.24) is 5.32 Å². The molecule has 102 valence electrons. The second-order valence-electron chi connectivity index (χ2n) is 4.20. The molecule has 0 aliphatic carbocycles. The van der Waals surface area contributed by atoms with Gasteiger partial charge in [-0.3, -0.25) is 4.79 Å². The average Bonchev–Trinajstić information content (AvgIpc) is 2.39. The molecule has 1 N–H and O–H groups in total. The molecule has 1 amide bonds. The van der Waals surface area contributed by atoms with Crippen LogP contribution in [-0.4, -0.2) is 25.0 Å². The first-order valence-corrected chi connectivity index (χ1v) is 6.24. The van der Waals surface area contributed by atoms with Gasteiger partial charge in [-0.2, -0.15) is 0 Å². The van der Waals surface area contributed by atoms with E-state index in [1.54, 1.807) is 19.1 Å². The maximum atomic E-state index is 11.8. The lowest BCUT2D eigenvalue weighted by Crippen LogP contribution is -2.25. The molecule has 0 aliphatic heterocycles. The van der Waals surface area contributed by atoms with Crippen LogP contribution in [0.25, 0.3) is 0 Å². The highest BCUT2D eigenvalue weighted by Gasteiger charge is 2.09. The SMILES string of the molecule is C=C(CCNC(=O)c1ccc(C)cc1)C(=O)OCC. The number of nitrogens with one attached hydrogen (secondary N) is 1. The van der Waals surface area contributed by atoms with Crippen molar-refractivity contribution >= 4 is 11.9 Å². The topological polar surface area (TPSA) is 55.4 Å². The number of hydrogen-bond donors (Lipinski definition) is 1. The fraction of sp³-hybridized carbons (Fsp3) is 0.333. The fourth-order valence-corrected chi connectivity index (χ4v) is 1.47. The van der Waals surface area contributed by atoms with Gasteiger partial charge in [0.05, 0.1) is 6.61 Å². The summed E-state index contributed by atoms with van der Waals surface area (Å²) >= 11 is 0. The van der Waals surface area contributed by atoms with Gasteiger partial charge >= 0.3 is 5.97 Å². The number of aryl methyl sites for hydroxylation is 1. The molecule has 1 rings (SSSR count). The molecule has 1 aromatic carbocycles. The standard InChI is InChI=1S/C15H19NO3/c1-4-19-15(18)12(3)9-10-16-14(17)13-7-5-11(2)6-8-13/h5-8H,3-4,9-10H2,1-2H3,(H,16,17). The number of hydrogen-bond acceptors (Lipinski definition) is 3. The van der Waals surface area contributed by atoms with E-state index in [0.29, 0.717) is 30.7 Å². The number of carbonyl (C=O) groups is 2. The van der Waals surface area contributed by atoms with E-state index in [1.165, 1.54) is 0 Å². The average molecular weight is 261 g/mol. The number of rotatable bonds is 6. The molecule has 0 aliphatic rings. The molecule has 0 saturated heterocycles. The molecule has 4 nitrogen and oxygen atoms in total. The van der Waals surface area contributed by atoms with Crippen LogP contribution in [0.3, 0.4) is 0 Å². The molecular formula is C15H19NO3. The zero-order valence-electron chi connectivity index (χ0n) is 11.4. The Morgan fingerprint density at radius 3 is 2.47 bits per heavy atom. The zero-order chi connectivity index (χ0) is 14.3. The third-order valence-corrected chi connectivity index (χ3v) is 2.59. The highest BCUT2D eigenvalue weighted by Crippen LogP contribution is 2.04. The van der Waals surface area contributed by atoms with Crippen molar-refractivity contribution in [2.75, 3.05) is 13.2 Å². The highest BCUT2D eigenvalue weighted by atomic mass is 16.5. The van der Waals surface area contributed by atoms with E-state index in [2.05, 4.69) is 11.9 Å². The van der Waals surface area contributed by atoms with E-state index in [-0.39, 0.29) is 5.91 Å². The number of amides is 1. The molecule has 0 atom stereocenters. The van der Waals surface area contributed by atoms with Crippen LogP contribution < -0.4 is 5.32 Å². The summed E-state index contributed by atoms with van der Waals surface area (Å²) in [6.07, 6.45) is 0.385. The maximum Gasteiger partial charge on any atom is 0.333 e. The molecule has 0 spiro atoms. The molecule has 0 saturated carbocycles. The Hall–Kier alpha value is -2.10. The summed E-state index contributed by atoms with van der Waals surface area (Å²) in [5.41, 5.74) is 2.07. The molecule has 0 aromatic heterocycles. The first-order chi connectivity index (χ1) is 9.04. The van der Waals surface area contributed by atoms with Crippen LogP contribution in [0.4, 0.5) is 0 Å². The zero-order valence-corrected chi connectivity index (χ0v) is 11.4. The van der Waals surface area contributed by atoms with Crippen molar-refractivity contribution in [3.8, 4) is 0 Å². The van der Waals surface area contributed by atoms with Gasteiger partial charge in [0, 0.05) is 17.7 Å². The molecule has 0 radical (unpaired) electrons. The lowest BCUT2D eigenvalue weighted by atomic mass is 10.1. The van der Waals surface area contributed by atoms with Crippen LogP contribution in [0.5, 0.6) is 0 Å². The first-order valence-electron chi connectivity index (χ1n) is 6.24. The number of benzene rings is 1. The van der Waals surface area contributed by atoms with Crippen molar-refractivity contribution < 1.29 is 14.3 Å². The van der Waals surface area contributed by atoms with Crippen LogP contribution in [0.15, 0.2) is 36.4 Å². The number of esters is 1. The predicted octanol–water partition coefficient (Wildman–Crippen LogP) is 2.23. The van der Waals surface area contributed by atoms with Crippen LogP contribution in [-0.2, 0) is 9.53 Å². The van der Waals surface area contributed by atoms with E-state index in [9.17, 15) is 9.59 Å². The Balaban J connectivity index is 2.37. The molecule has 1 aromatic rings. The van der Waals surface area contributed by atoms with E-state index in [4.69, 9.17) is 4.74 Å². The van der Waals surface area contributed by atoms with E-state index >= 15 is 0 Å². The van der Waals surface area contributed by atoms with Crippen LogP contribution in [0, 0.1) is 6.92 Å². The minimum absolute atomic E-state index is 0.156. The summed E-state index contributed by atoms with van der Waals surface area (Å²) in [4.78, 5) is 23.1. The number of ether oxygens (including phenoxy) is 1. The summed E-state index contributed by atoms with van der Waals surface area (Å²) in [6.45, 7) is 8.02. The Kier molecular flexibility index (Phi) is 5.79. The van der Waals surface area contributed by atoms with Crippen LogP contribution in [0.2, 0.25) is 0 Å². The smallest absolute Gasteiger partial charge is 0.333 e. The summed E-state index contributed by atoms with van der Waals surface area (Å²) in [7, 11) is 0. The highest BCUT2D eigenvalue weighted by molar-refractivity contribution is 5.94. The summed E-state index contributed by atoms with van der Waals surface area (Å²) in [5.74, 6) is -0.566. The van der Waals surface area contributed by atoms with Gasteiger partial charge in [-0.25, -0.2) is 4.79 Å². The van der Waals surface area contributed by atoms with Gasteiger partial charge in [-0.05, 0) is 32.4 Å². The predicted molar refractivity (Wildman–Crippen MR) is 73.9 cm³/mol. The van der Waals surface area contributed by atoms with E-state index < -0.39 is 5.97 Å². The molecule has 0 heterocycles. The third-order valence-electron chi connectivity index (χ3n) is 2.59. The van der Waals surface area contributed by atoms with Gasteiger partial charge in [0.15, 0.2) is 0 Å². The van der Waals surface area contributed by atoms with Gasteiger partial charge in [0.25, 0.3) is 5.91 Å². The van der Waals surface area contributed by atoms with Crippen molar-refractivity contribution in [1.29, 1.82) is 0 Å². The quantitative estimate of drug-likeness (QED) is 0.631. The van der Waals surface area contributed by atoms with Crippen molar-refractivity contribution in [3.63, 3.8) is 0 Å². The van der Waals surface area contributed by atoms with Gasteiger partial charge < -0.3 is 10.1 Å². The van der Waals surface area contributed by atoms with E-state index in [1.807, 2.05) is 19.1 Å². The van der Waals surface area contributed by atoms with Crippen LogP contribution >= 0.6 is 0 Å². The van der Waals surface area contributed by atoms with Gasteiger partial charge in [-0.15, -0.1) is 0 Å². The van der Waals surface area contributed by atoms with Crippen molar-refractivity contribution in [3.05, 3.63) is 47.5 Å². The van der Waals surface area contributed by atoms with Crippen molar-refractivity contribution in [2.24, 2.45) is 0 Å². The third kappa shape index (κ3) is 4.95. The fourth-order valence-electron chi connectivity index (χ4n) is 1.47. The van der Waals surface area contributed by atoms with Crippen LogP contribution in [0.1, 0.15) is 29.3 Å². The summed E-state index contributed by atoms with van der Waals surface area (Å²) in [5, 5.41) is 2.74. The Labute approximate surface area is 113 Å². The van der Waals surface area contributed by atoms with Gasteiger partial charge in [0.1, 0.15) is 0 Å². The van der Waals surface area contributed by atoms with E-state index in [0.717, 1.165) is 5.56 Å². The van der Waals surface area contributed by atoms with Gasteiger partial charge in [-0.1, -0.05) is 24.3 Å². The molecule has 0 fully saturated rings. The first kappa shape index (κ1) is 15.0. The largest absolute Gasteiger partial charge is 0.463 e. The monoisotopic (exact) mass is 261 g/mol. The summed E-state index contributed by atoms with van der Waals surface area (Å²) < 4.78 is 4.81.